The van der Waals surface area contributed by atoms with Crippen molar-refractivity contribution < 1.29 is 0 Å². The lowest BCUT2D eigenvalue weighted by molar-refractivity contribution is 1.25. The molecule has 0 aromatic heterocycles. The van der Waals surface area contributed by atoms with E-state index in [1.807, 2.05) is 0 Å². The number of hydrogen-bond donors (Lipinski definition) is 0. The minimum absolute atomic E-state index is 1.04. The topological polar surface area (TPSA) is 13.0 Å². The Labute approximate surface area is 404 Å². The van der Waals surface area contributed by atoms with Crippen molar-refractivity contribution in [1.82, 2.24) is 0 Å². The van der Waals surface area contributed by atoms with E-state index in [0.29, 0.717) is 0 Å². The SMILES string of the molecule is Brc1ccc(N(c2ccc(-c3ccc(N(c4ccc(Br)cc4)c4ccc(N(c5ccccc5)c5ccccc5)cc4)cc3)cc2)c2ccc(N(c3ccccc3)c3ccccc3)cc2)cc1. The molecule has 0 heterocycles. The van der Waals surface area contributed by atoms with Crippen LogP contribution in [0.1, 0.15) is 0 Å². The molecule has 0 atom stereocenters. The highest BCUT2D eigenvalue weighted by molar-refractivity contribution is 9.10. The van der Waals surface area contributed by atoms with Gasteiger partial charge >= 0.3 is 0 Å². The molecule has 0 aliphatic carbocycles. The van der Waals surface area contributed by atoms with Gasteiger partial charge in [0.25, 0.3) is 0 Å². The molecule has 0 amide bonds. The van der Waals surface area contributed by atoms with Gasteiger partial charge in [0.05, 0.1) is 0 Å². The second-order valence-corrected chi connectivity index (χ2v) is 17.6. The average Bonchev–Trinajstić information content (AvgIpc) is 3.38. The maximum atomic E-state index is 3.65. The van der Waals surface area contributed by atoms with E-state index in [1.54, 1.807) is 0 Å². The second-order valence-electron chi connectivity index (χ2n) is 15.8. The molecule has 0 unspecified atom stereocenters. The van der Waals surface area contributed by atoms with Gasteiger partial charge in [-0.15, -0.1) is 0 Å². The first-order valence-corrected chi connectivity index (χ1v) is 23.5. The Morgan fingerprint density at radius 3 is 0.515 bits per heavy atom. The molecule has 0 saturated heterocycles. The van der Waals surface area contributed by atoms with Crippen molar-refractivity contribution in [2.45, 2.75) is 0 Å². The van der Waals surface area contributed by atoms with Gasteiger partial charge in [-0.2, -0.15) is 0 Å². The first-order valence-electron chi connectivity index (χ1n) is 21.9. The Balaban J connectivity index is 0.944. The van der Waals surface area contributed by atoms with Crippen LogP contribution in [0.2, 0.25) is 0 Å². The average molecular weight is 981 g/mol. The summed E-state index contributed by atoms with van der Waals surface area (Å²) in [6, 6.07) is 94.4. The smallest absolute Gasteiger partial charge is 0.0463 e. The molecule has 6 heteroatoms. The van der Waals surface area contributed by atoms with Crippen LogP contribution in [0.4, 0.5) is 68.2 Å². The number of benzene rings is 10. The van der Waals surface area contributed by atoms with Crippen molar-refractivity contribution in [3.63, 3.8) is 0 Å². The summed E-state index contributed by atoms with van der Waals surface area (Å²) in [7, 11) is 0. The molecule has 0 aliphatic heterocycles. The van der Waals surface area contributed by atoms with Crippen LogP contribution in [0.3, 0.4) is 0 Å². The Morgan fingerprint density at radius 2 is 0.318 bits per heavy atom. The second kappa shape index (κ2) is 19.6. The molecular formula is C60H44Br2N4. The molecule has 4 nitrogen and oxygen atoms in total. The maximum Gasteiger partial charge on any atom is 0.0463 e. The molecule has 0 bridgehead atoms. The summed E-state index contributed by atoms with van der Waals surface area (Å²) in [6.45, 7) is 0. The quantitative estimate of drug-likeness (QED) is 0.114. The summed E-state index contributed by atoms with van der Waals surface area (Å²) in [6.07, 6.45) is 0. The zero-order valence-corrected chi connectivity index (χ0v) is 39.1. The minimum Gasteiger partial charge on any atom is -0.311 e. The third-order valence-corrected chi connectivity index (χ3v) is 12.6. The summed E-state index contributed by atoms with van der Waals surface area (Å²) < 4.78 is 2.07. The van der Waals surface area contributed by atoms with E-state index in [2.05, 4.69) is 318 Å². The Kier molecular flexibility index (Phi) is 12.6. The van der Waals surface area contributed by atoms with E-state index in [4.69, 9.17) is 0 Å². The maximum absolute atomic E-state index is 3.65. The van der Waals surface area contributed by atoms with E-state index >= 15 is 0 Å². The van der Waals surface area contributed by atoms with Crippen molar-refractivity contribution in [3.05, 3.63) is 276 Å². The Morgan fingerprint density at radius 1 is 0.167 bits per heavy atom. The molecule has 10 aromatic rings. The first-order chi connectivity index (χ1) is 32.6. The Hall–Kier alpha value is -7.64. The number of nitrogens with zero attached hydrogens (tertiary/aromatic N) is 4. The van der Waals surface area contributed by atoms with Gasteiger partial charge in [0, 0.05) is 77.2 Å². The molecule has 318 valence electrons. The molecule has 66 heavy (non-hydrogen) atoms. The number of anilines is 12. The monoisotopic (exact) mass is 978 g/mol. The number of hydrogen-bond acceptors (Lipinski definition) is 4. The molecule has 10 aromatic carbocycles. The summed E-state index contributed by atoms with van der Waals surface area (Å²) in [4.78, 5) is 9.18. The van der Waals surface area contributed by atoms with Crippen LogP contribution in [0.25, 0.3) is 11.1 Å². The van der Waals surface area contributed by atoms with Gasteiger partial charge in [-0.05, 0) is 181 Å². The number of halogens is 2. The number of para-hydroxylation sites is 4. The largest absolute Gasteiger partial charge is 0.311 e. The van der Waals surface area contributed by atoms with Gasteiger partial charge < -0.3 is 19.6 Å². The van der Waals surface area contributed by atoms with Crippen LogP contribution in [-0.4, -0.2) is 0 Å². The van der Waals surface area contributed by atoms with Gasteiger partial charge in [0.15, 0.2) is 0 Å². The fourth-order valence-corrected chi connectivity index (χ4v) is 8.91. The van der Waals surface area contributed by atoms with E-state index < -0.39 is 0 Å². The molecular weight excluding hydrogens is 936 g/mol. The van der Waals surface area contributed by atoms with E-state index in [0.717, 1.165) is 88.3 Å². The van der Waals surface area contributed by atoms with Gasteiger partial charge in [-0.25, -0.2) is 0 Å². The third-order valence-electron chi connectivity index (χ3n) is 11.5. The fraction of sp³-hybridized carbons (Fsp3) is 0. The van der Waals surface area contributed by atoms with Crippen molar-refractivity contribution in [2.75, 3.05) is 19.6 Å². The summed E-state index contributed by atoms with van der Waals surface area (Å²) in [5, 5.41) is 0. The number of rotatable bonds is 13. The fourth-order valence-electron chi connectivity index (χ4n) is 8.38. The highest BCUT2D eigenvalue weighted by Gasteiger charge is 2.18. The van der Waals surface area contributed by atoms with E-state index in [-0.39, 0.29) is 0 Å². The van der Waals surface area contributed by atoms with Crippen LogP contribution in [0.15, 0.2) is 276 Å². The van der Waals surface area contributed by atoms with Crippen molar-refractivity contribution >= 4 is 100 Å². The van der Waals surface area contributed by atoms with Crippen LogP contribution < -0.4 is 19.6 Å². The normalized spacial score (nSPS) is 10.9. The van der Waals surface area contributed by atoms with E-state index in [9.17, 15) is 0 Å². The van der Waals surface area contributed by atoms with Crippen molar-refractivity contribution in [3.8, 4) is 11.1 Å². The van der Waals surface area contributed by atoms with E-state index in [1.165, 1.54) is 0 Å². The van der Waals surface area contributed by atoms with Crippen molar-refractivity contribution in [2.24, 2.45) is 0 Å². The molecule has 10 rings (SSSR count). The van der Waals surface area contributed by atoms with Crippen LogP contribution in [0, 0.1) is 0 Å². The third kappa shape index (κ3) is 9.29. The molecule has 0 fully saturated rings. The highest BCUT2D eigenvalue weighted by Crippen LogP contribution is 2.42. The lowest BCUT2D eigenvalue weighted by atomic mass is 10.0. The molecule has 0 spiro atoms. The predicted octanol–water partition coefficient (Wildman–Crippen LogP) is 18.8. The molecule has 0 aliphatic rings. The highest BCUT2D eigenvalue weighted by atomic mass is 79.9. The minimum atomic E-state index is 1.04. The van der Waals surface area contributed by atoms with Gasteiger partial charge in [0.2, 0.25) is 0 Å². The van der Waals surface area contributed by atoms with Gasteiger partial charge in [-0.3, -0.25) is 0 Å². The zero-order chi connectivity index (χ0) is 44.7. The molecule has 0 N–H and O–H groups in total. The van der Waals surface area contributed by atoms with Crippen LogP contribution in [0.5, 0.6) is 0 Å². The summed E-state index contributed by atoms with van der Waals surface area (Å²) >= 11 is 7.30. The van der Waals surface area contributed by atoms with Gasteiger partial charge in [-0.1, -0.05) is 129 Å². The summed E-state index contributed by atoms with van der Waals surface area (Å²) in [5.41, 5.74) is 15.3. The predicted molar refractivity (Wildman–Crippen MR) is 286 cm³/mol. The lowest BCUT2D eigenvalue weighted by Gasteiger charge is -2.28. The van der Waals surface area contributed by atoms with Gasteiger partial charge in [0.1, 0.15) is 0 Å². The van der Waals surface area contributed by atoms with Crippen molar-refractivity contribution in [1.29, 1.82) is 0 Å². The molecule has 0 saturated carbocycles. The van der Waals surface area contributed by atoms with Crippen LogP contribution in [-0.2, 0) is 0 Å². The molecule has 0 radical (unpaired) electrons. The zero-order valence-electron chi connectivity index (χ0n) is 35.9. The Bertz CT molecular complexity index is 2800. The van der Waals surface area contributed by atoms with Crippen LogP contribution >= 0.6 is 31.9 Å². The first kappa shape index (κ1) is 42.3. The lowest BCUT2D eigenvalue weighted by Crippen LogP contribution is -2.12. The summed E-state index contributed by atoms with van der Waals surface area (Å²) in [5.74, 6) is 0. The standard InChI is InChI=1S/C60H44Br2N4/c61-47-25-33-55(34-26-47)65(59-41-37-57(38-42-59)63(49-13-5-1-6-14-49)50-15-7-2-8-16-50)53-29-21-45(22-30-53)46-23-31-54(32-24-46)66(56-35-27-48(62)28-36-56)60-43-39-58(40-44-60)64(51-17-9-3-10-18-51)52-19-11-4-12-20-52/h1-44H.